The zero-order chi connectivity index (χ0) is 35.3. The van der Waals surface area contributed by atoms with Gasteiger partial charge in [-0.1, -0.05) is 45.0 Å². The second kappa shape index (κ2) is 14.9. The predicted molar refractivity (Wildman–Crippen MR) is 186 cm³/mol. The summed E-state index contributed by atoms with van der Waals surface area (Å²) < 4.78 is 47.4. The molecule has 0 unspecified atom stereocenters. The van der Waals surface area contributed by atoms with Crippen molar-refractivity contribution in [2.75, 3.05) is 24.5 Å². The molecule has 5 rings (SSSR count). The Morgan fingerprint density at radius 2 is 1.69 bits per heavy atom. The molecule has 1 aliphatic rings. The monoisotopic (exact) mass is 688 g/mol. The number of anilines is 1. The predicted octanol–water partition coefficient (Wildman–Crippen LogP) is 5.99. The van der Waals surface area contributed by atoms with Crippen molar-refractivity contribution < 1.29 is 27.4 Å². The summed E-state index contributed by atoms with van der Waals surface area (Å²) in [6.45, 7) is 15.0. The largest absolute Gasteiger partial charge is 0.488 e. The first-order chi connectivity index (χ1) is 23.2. The maximum absolute atomic E-state index is 14.4. The van der Waals surface area contributed by atoms with E-state index >= 15 is 0 Å². The number of carbonyl (C=O) groups excluding carboxylic acids is 1. The Balaban J connectivity index is 1.56. The van der Waals surface area contributed by atoms with Crippen LogP contribution >= 0.6 is 0 Å². The van der Waals surface area contributed by atoms with Gasteiger partial charge in [-0.25, -0.2) is 28.1 Å². The molecule has 1 atom stereocenters. The summed E-state index contributed by atoms with van der Waals surface area (Å²) in [7, 11) is -4.19. The summed E-state index contributed by atoms with van der Waals surface area (Å²) in [5.41, 5.74) is 3.26. The summed E-state index contributed by atoms with van der Waals surface area (Å²) in [4.78, 5) is 33.9. The van der Waals surface area contributed by atoms with Crippen LogP contribution < -0.4 is 14.2 Å². The van der Waals surface area contributed by atoms with Crippen molar-refractivity contribution in [3.8, 4) is 22.9 Å². The van der Waals surface area contributed by atoms with Crippen LogP contribution in [0.2, 0.25) is 0 Å². The minimum absolute atomic E-state index is 0.0393. The molecule has 260 valence electrons. The number of aromatic nitrogens is 4. The van der Waals surface area contributed by atoms with Gasteiger partial charge in [-0.05, 0) is 68.9 Å². The Morgan fingerprint density at radius 1 is 1.00 bits per heavy atom. The average Bonchev–Trinajstić information content (AvgIpc) is 3.03. The highest BCUT2D eigenvalue weighted by molar-refractivity contribution is 7.92. The normalized spacial score (nSPS) is 16.2. The van der Waals surface area contributed by atoms with E-state index in [0.29, 0.717) is 36.9 Å². The quantitative estimate of drug-likeness (QED) is 0.208. The summed E-state index contributed by atoms with van der Waals surface area (Å²) >= 11 is 0. The number of nitrogens with one attached hydrogen (secondary N) is 1. The molecule has 4 bridgehead atoms. The van der Waals surface area contributed by atoms with Gasteiger partial charge in [0.2, 0.25) is 11.8 Å². The van der Waals surface area contributed by atoms with Crippen molar-refractivity contribution in [2.45, 2.75) is 78.5 Å². The average molecular weight is 689 g/mol. The zero-order valence-corrected chi connectivity index (χ0v) is 29.9. The number of carbonyl (C=O) groups is 1. The Bertz CT molecular complexity index is 1870. The van der Waals surface area contributed by atoms with Crippen molar-refractivity contribution in [2.24, 2.45) is 5.41 Å². The molecule has 1 amide bonds. The molecular weight excluding hydrogens is 644 g/mol. The van der Waals surface area contributed by atoms with Crippen LogP contribution in [0.3, 0.4) is 0 Å². The van der Waals surface area contributed by atoms with E-state index in [1.807, 2.05) is 45.9 Å². The van der Waals surface area contributed by atoms with Crippen LogP contribution in [0.4, 0.5) is 5.95 Å². The number of fused-ring (bicyclic) bond motifs is 4. The number of benzene rings is 2. The lowest BCUT2D eigenvalue weighted by Gasteiger charge is -2.35. The van der Waals surface area contributed by atoms with E-state index in [4.69, 9.17) is 14.2 Å². The number of sulfonamides is 1. The SMILES string of the molecule is Cc1cccc(C)c1-c1cc2nc(n1)NS(=O)(=O)c1cccc(c1)C(=O)N(Cc1ncc(OCCOC(C)C)cn1)[C@H](CC(C)(C)C)CO2. The number of ether oxygens (including phenoxy) is 3. The molecule has 0 saturated carbocycles. The molecule has 13 heteroatoms. The molecule has 3 heterocycles. The van der Waals surface area contributed by atoms with Crippen LogP contribution in [0.15, 0.2) is 65.8 Å². The highest BCUT2D eigenvalue weighted by Gasteiger charge is 2.32. The topological polar surface area (TPSA) is 146 Å². The van der Waals surface area contributed by atoms with Gasteiger partial charge >= 0.3 is 0 Å². The molecule has 0 radical (unpaired) electrons. The van der Waals surface area contributed by atoms with E-state index in [1.165, 1.54) is 12.1 Å². The molecule has 0 fully saturated rings. The molecule has 1 N–H and O–H groups in total. The van der Waals surface area contributed by atoms with E-state index in [1.54, 1.807) is 35.5 Å². The van der Waals surface area contributed by atoms with Gasteiger partial charge in [0, 0.05) is 17.2 Å². The van der Waals surface area contributed by atoms with Crippen molar-refractivity contribution >= 4 is 21.9 Å². The van der Waals surface area contributed by atoms with Crippen LogP contribution in [0, 0.1) is 19.3 Å². The van der Waals surface area contributed by atoms with Gasteiger partial charge in [0.05, 0.1) is 48.3 Å². The molecule has 0 spiro atoms. The van der Waals surface area contributed by atoms with Gasteiger partial charge < -0.3 is 19.1 Å². The number of hydrogen-bond donors (Lipinski definition) is 1. The fourth-order valence-corrected chi connectivity index (χ4v) is 6.63. The van der Waals surface area contributed by atoms with Crippen molar-refractivity contribution in [3.05, 3.63) is 83.4 Å². The third kappa shape index (κ3) is 9.30. The summed E-state index contributed by atoms with van der Waals surface area (Å²) in [6.07, 6.45) is 3.78. The smallest absolute Gasteiger partial charge is 0.264 e. The Morgan fingerprint density at radius 3 is 2.37 bits per heavy atom. The lowest BCUT2D eigenvalue weighted by atomic mass is 9.87. The van der Waals surface area contributed by atoms with E-state index in [9.17, 15) is 13.2 Å². The Hall–Kier alpha value is -4.62. The van der Waals surface area contributed by atoms with Crippen LogP contribution in [0.25, 0.3) is 11.3 Å². The Labute approximate surface area is 288 Å². The first-order valence-electron chi connectivity index (χ1n) is 16.3. The Kier molecular flexibility index (Phi) is 10.8. The van der Waals surface area contributed by atoms with Gasteiger partial charge in [-0.15, -0.1) is 0 Å². The standard InChI is InChI=1S/C36H44N6O6S/c1-23(2)46-14-15-47-28-19-37-31(38-20-28)21-42-27(18-36(5,6)7)22-48-32-17-30(33-24(3)10-8-11-25(33)4)39-35(40-32)41-49(44,45)29-13-9-12-26(16-29)34(42)43/h8-13,16-17,19-20,23,27H,14-15,18,21-22H2,1-7H3,(H,39,40,41)/t27-/m1/s1. The molecule has 0 aliphatic carbocycles. The van der Waals surface area contributed by atoms with Crippen LogP contribution in [-0.2, 0) is 21.3 Å². The first kappa shape index (κ1) is 35.7. The highest BCUT2D eigenvalue weighted by Crippen LogP contribution is 2.31. The molecule has 49 heavy (non-hydrogen) atoms. The highest BCUT2D eigenvalue weighted by atomic mass is 32.2. The van der Waals surface area contributed by atoms with Crippen molar-refractivity contribution in [1.82, 2.24) is 24.8 Å². The number of amides is 1. The van der Waals surface area contributed by atoms with E-state index in [2.05, 4.69) is 45.4 Å². The molecular formula is C36H44N6O6S. The summed E-state index contributed by atoms with van der Waals surface area (Å²) in [6, 6.07) is 13.0. The van der Waals surface area contributed by atoms with Crippen molar-refractivity contribution in [1.29, 1.82) is 0 Å². The first-order valence-corrected chi connectivity index (χ1v) is 17.7. The zero-order valence-electron chi connectivity index (χ0n) is 29.1. The summed E-state index contributed by atoms with van der Waals surface area (Å²) in [5, 5.41) is 0. The number of rotatable bonds is 9. The molecule has 2 aromatic carbocycles. The molecule has 2 aromatic heterocycles. The second-order valence-corrected chi connectivity index (χ2v) is 15.3. The lowest BCUT2D eigenvalue weighted by molar-refractivity contribution is 0.0502. The molecule has 0 saturated heterocycles. The van der Waals surface area contributed by atoms with Gasteiger partial charge in [-0.3, -0.25) is 4.79 Å². The van der Waals surface area contributed by atoms with Gasteiger partial charge in [-0.2, -0.15) is 4.98 Å². The molecule has 1 aliphatic heterocycles. The molecule has 4 aromatic rings. The minimum Gasteiger partial charge on any atom is -0.488 e. The third-order valence-electron chi connectivity index (χ3n) is 7.83. The lowest BCUT2D eigenvalue weighted by Crippen LogP contribution is -2.45. The van der Waals surface area contributed by atoms with E-state index in [0.717, 1.165) is 16.7 Å². The second-order valence-electron chi connectivity index (χ2n) is 13.6. The number of hydrogen-bond acceptors (Lipinski definition) is 10. The maximum Gasteiger partial charge on any atom is 0.264 e. The van der Waals surface area contributed by atoms with Gasteiger partial charge in [0.1, 0.15) is 19.0 Å². The fourth-order valence-electron chi connectivity index (χ4n) is 5.64. The number of aryl methyl sites for hydroxylation is 2. The maximum atomic E-state index is 14.4. The minimum atomic E-state index is -4.19. The third-order valence-corrected chi connectivity index (χ3v) is 9.15. The molecule has 12 nitrogen and oxygen atoms in total. The van der Waals surface area contributed by atoms with E-state index in [-0.39, 0.29) is 47.0 Å². The van der Waals surface area contributed by atoms with Gasteiger partial charge in [0.15, 0.2) is 5.75 Å². The number of nitrogens with zero attached hydrogens (tertiary/aromatic N) is 5. The van der Waals surface area contributed by atoms with Crippen LogP contribution in [0.5, 0.6) is 11.6 Å². The fraction of sp³-hybridized carbons (Fsp3) is 0.417. The van der Waals surface area contributed by atoms with Crippen molar-refractivity contribution in [3.63, 3.8) is 0 Å². The van der Waals surface area contributed by atoms with Crippen LogP contribution in [-0.4, -0.2) is 71.1 Å². The van der Waals surface area contributed by atoms with E-state index < -0.39 is 22.0 Å². The van der Waals surface area contributed by atoms with Gasteiger partial charge in [0.25, 0.3) is 15.9 Å². The van der Waals surface area contributed by atoms with Crippen LogP contribution in [0.1, 0.15) is 68.3 Å². The summed E-state index contributed by atoms with van der Waals surface area (Å²) in [5.74, 6) is 0.502.